The summed E-state index contributed by atoms with van der Waals surface area (Å²) >= 11 is 0. The number of esters is 1. The van der Waals surface area contributed by atoms with Gasteiger partial charge in [-0.3, -0.25) is 4.79 Å². The van der Waals surface area contributed by atoms with Crippen LogP contribution < -0.4 is 10.1 Å². The number of amides is 1. The highest BCUT2D eigenvalue weighted by atomic mass is 16.5. The molecular formula is C16H13N5O3. The summed E-state index contributed by atoms with van der Waals surface area (Å²) in [5.41, 5.74) is 1.65. The van der Waals surface area contributed by atoms with E-state index in [0.717, 1.165) is 0 Å². The lowest BCUT2D eigenvalue weighted by Crippen LogP contribution is -2.10. The number of carbonyl (C=O) groups excluding carboxylic acids is 2. The molecule has 24 heavy (non-hydrogen) atoms. The highest BCUT2D eigenvalue weighted by Crippen LogP contribution is 2.18. The molecule has 0 bridgehead atoms. The molecule has 1 N–H and O–H groups in total. The van der Waals surface area contributed by atoms with Gasteiger partial charge in [-0.05, 0) is 52.9 Å². The first-order valence-corrected chi connectivity index (χ1v) is 7.05. The SMILES string of the molecule is CC(=O)Nc1ccc(OC(=O)c2cccc(-n3cnnn3)c2)cc1. The van der Waals surface area contributed by atoms with E-state index in [0.29, 0.717) is 22.7 Å². The number of nitrogens with one attached hydrogen (secondary N) is 1. The molecule has 3 aromatic rings. The van der Waals surface area contributed by atoms with E-state index in [1.165, 1.54) is 17.9 Å². The summed E-state index contributed by atoms with van der Waals surface area (Å²) in [6.45, 7) is 1.42. The van der Waals surface area contributed by atoms with Crippen LogP contribution in [0.1, 0.15) is 17.3 Å². The van der Waals surface area contributed by atoms with E-state index in [1.807, 2.05) is 0 Å². The maximum absolute atomic E-state index is 12.2. The molecule has 3 rings (SSSR count). The Kier molecular flexibility index (Phi) is 4.28. The molecule has 0 aliphatic rings. The van der Waals surface area contributed by atoms with Gasteiger partial charge < -0.3 is 10.1 Å². The summed E-state index contributed by atoms with van der Waals surface area (Å²) in [4.78, 5) is 23.2. The molecule has 0 radical (unpaired) electrons. The summed E-state index contributed by atoms with van der Waals surface area (Å²) in [7, 11) is 0. The summed E-state index contributed by atoms with van der Waals surface area (Å²) < 4.78 is 6.76. The molecule has 1 amide bonds. The van der Waals surface area contributed by atoms with Crippen LogP contribution >= 0.6 is 0 Å². The van der Waals surface area contributed by atoms with Crippen LogP contribution in [0.4, 0.5) is 5.69 Å². The Bertz CT molecular complexity index is 860. The third kappa shape index (κ3) is 3.61. The summed E-state index contributed by atoms with van der Waals surface area (Å²) in [6.07, 6.45) is 1.44. The monoisotopic (exact) mass is 323 g/mol. The van der Waals surface area contributed by atoms with Crippen LogP contribution in [0.3, 0.4) is 0 Å². The van der Waals surface area contributed by atoms with Gasteiger partial charge in [0.15, 0.2) is 0 Å². The number of hydrogen-bond acceptors (Lipinski definition) is 6. The molecule has 0 atom stereocenters. The van der Waals surface area contributed by atoms with Crippen molar-refractivity contribution in [2.24, 2.45) is 0 Å². The first-order valence-electron chi connectivity index (χ1n) is 7.05. The fraction of sp³-hybridized carbons (Fsp3) is 0.0625. The highest BCUT2D eigenvalue weighted by molar-refractivity contribution is 5.92. The Morgan fingerprint density at radius 1 is 1.12 bits per heavy atom. The van der Waals surface area contributed by atoms with Crippen LogP contribution in [0.2, 0.25) is 0 Å². The average Bonchev–Trinajstić information content (AvgIpc) is 3.11. The van der Waals surface area contributed by atoms with Gasteiger partial charge in [0.2, 0.25) is 5.91 Å². The number of anilines is 1. The lowest BCUT2D eigenvalue weighted by molar-refractivity contribution is -0.114. The minimum Gasteiger partial charge on any atom is -0.423 e. The third-order valence-electron chi connectivity index (χ3n) is 3.08. The molecule has 2 aromatic carbocycles. The molecule has 0 fully saturated rings. The van der Waals surface area contributed by atoms with E-state index in [-0.39, 0.29) is 5.91 Å². The number of tetrazole rings is 1. The smallest absolute Gasteiger partial charge is 0.343 e. The summed E-state index contributed by atoms with van der Waals surface area (Å²) in [5.74, 6) is -0.293. The van der Waals surface area contributed by atoms with Gasteiger partial charge in [-0.2, -0.15) is 0 Å². The number of hydrogen-bond donors (Lipinski definition) is 1. The highest BCUT2D eigenvalue weighted by Gasteiger charge is 2.10. The van der Waals surface area contributed by atoms with Gasteiger partial charge in [0.1, 0.15) is 12.1 Å². The van der Waals surface area contributed by atoms with E-state index in [9.17, 15) is 9.59 Å². The molecule has 120 valence electrons. The third-order valence-corrected chi connectivity index (χ3v) is 3.08. The Morgan fingerprint density at radius 3 is 2.58 bits per heavy atom. The molecule has 0 unspecified atom stereocenters. The maximum Gasteiger partial charge on any atom is 0.343 e. The lowest BCUT2D eigenvalue weighted by atomic mass is 10.2. The average molecular weight is 323 g/mol. The molecule has 0 saturated carbocycles. The molecule has 0 aliphatic carbocycles. The first-order chi connectivity index (χ1) is 11.6. The van der Waals surface area contributed by atoms with Gasteiger partial charge in [0.05, 0.1) is 11.3 Å². The fourth-order valence-electron chi connectivity index (χ4n) is 2.03. The zero-order valence-corrected chi connectivity index (χ0v) is 12.7. The van der Waals surface area contributed by atoms with Crippen molar-refractivity contribution in [3.8, 4) is 11.4 Å². The standard InChI is InChI=1S/C16H13N5O3/c1-11(22)18-13-5-7-15(8-6-13)24-16(23)12-3-2-4-14(9-12)21-10-17-19-20-21/h2-10H,1H3,(H,18,22). The second kappa shape index (κ2) is 6.69. The molecule has 0 saturated heterocycles. The van der Waals surface area contributed by atoms with Crippen molar-refractivity contribution in [2.75, 3.05) is 5.32 Å². The van der Waals surface area contributed by atoms with Gasteiger partial charge in [-0.1, -0.05) is 6.07 Å². The molecule has 0 spiro atoms. The van der Waals surface area contributed by atoms with Crippen molar-refractivity contribution in [1.82, 2.24) is 20.2 Å². The Balaban J connectivity index is 1.73. The molecule has 0 aliphatic heterocycles. The van der Waals surface area contributed by atoms with E-state index in [4.69, 9.17) is 4.74 Å². The molecule has 1 aromatic heterocycles. The minimum absolute atomic E-state index is 0.167. The van der Waals surface area contributed by atoms with Crippen molar-refractivity contribution in [1.29, 1.82) is 0 Å². The Morgan fingerprint density at radius 2 is 1.92 bits per heavy atom. The van der Waals surface area contributed by atoms with Crippen molar-refractivity contribution < 1.29 is 14.3 Å². The minimum atomic E-state index is -0.503. The molecular weight excluding hydrogens is 310 g/mol. The first kappa shape index (κ1) is 15.3. The molecule has 8 nitrogen and oxygen atoms in total. The van der Waals surface area contributed by atoms with E-state index in [1.54, 1.807) is 48.5 Å². The van der Waals surface area contributed by atoms with Crippen LogP contribution in [0, 0.1) is 0 Å². The van der Waals surface area contributed by atoms with E-state index < -0.39 is 5.97 Å². The zero-order chi connectivity index (χ0) is 16.9. The largest absolute Gasteiger partial charge is 0.423 e. The van der Waals surface area contributed by atoms with Gasteiger partial charge in [-0.15, -0.1) is 5.10 Å². The van der Waals surface area contributed by atoms with Gasteiger partial charge in [0, 0.05) is 12.6 Å². The van der Waals surface area contributed by atoms with Crippen LogP contribution in [0.5, 0.6) is 5.75 Å². The quantitative estimate of drug-likeness (QED) is 0.581. The lowest BCUT2D eigenvalue weighted by Gasteiger charge is -2.07. The predicted octanol–water partition coefficient (Wildman–Crippen LogP) is 1.84. The van der Waals surface area contributed by atoms with Crippen LogP contribution in [0.25, 0.3) is 5.69 Å². The van der Waals surface area contributed by atoms with E-state index >= 15 is 0 Å². The summed E-state index contributed by atoms with van der Waals surface area (Å²) in [5, 5.41) is 13.5. The second-order valence-corrected chi connectivity index (χ2v) is 4.90. The number of carbonyl (C=O) groups is 2. The number of aromatic nitrogens is 4. The Labute approximate surface area is 137 Å². The fourth-order valence-corrected chi connectivity index (χ4v) is 2.03. The normalized spacial score (nSPS) is 10.2. The number of rotatable bonds is 4. The summed E-state index contributed by atoms with van der Waals surface area (Å²) in [6, 6.07) is 13.3. The number of nitrogens with zero attached hydrogens (tertiary/aromatic N) is 4. The van der Waals surface area contributed by atoms with Crippen LogP contribution in [-0.4, -0.2) is 32.1 Å². The topological polar surface area (TPSA) is 99.0 Å². The van der Waals surface area contributed by atoms with Crippen LogP contribution in [-0.2, 0) is 4.79 Å². The Hall–Kier alpha value is -3.55. The predicted molar refractivity (Wildman–Crippen MR) is 84.9 cm³/mol. The maximum atomic E-state index is 12.2. The number of benzene rings is 2. The van der Waals surface area contributed by atoms with Crippen LogP contribution in [0.15, 0.2) is 54.9 Å². The molecule has 8 heteroatoms. The van der Waals surface area contributed by atoms with Crippen molar-refractivity contribution >= 4 is 17.6 Å². The van der Waals surface area contributed by atoms with Crippen molar-refractivity contribution in [3.63, 3.8) is 0 Å². The van der Waals surface area contributed by atoms with E-state index in [2.05, 4.69) is 20.8 Å². The van der Waals surface area contributed by atoms with Gasteiger partial charge in [0.25, 0.3) is 0 Å². The zero-order valence-electron chi connectivity index (χ0n) is 12.7. The van der Waals surface area contributed by atoms with Crippen molar-refractivity contribution in [3.05, 3.63) is 60.4 Å². The number of ether oxygens (including phenoxy) is 1. The van der Waals surface area contributed by atoms with Gasteiger partial charge in [-0.25, -0.2) is 9.48 Å². The van der Waals surface area contributed by atoms with Gasteiger partial charge >= 0.3 is 5.97 Å². The second-order valence-electron chi connectivity index (χ2n) is 4.90. The van der Waals surface area contributed by atoms with Crippen molar-refractivity contribution in [2.45, 2.75) is 6.92 Å². The molecule has 1 heterocycles.